The maximum absolute atomic E-state index is 14.4. The maximum Gasteiger partial charge on any atom is 0.164 e. The Hall–Kier alpha value is -2.01. The van der Waals surface area contributed by atoms with Crippen LogP contribution in [-0.4, -0.2) is 12.7 Å². The lowest BCUT2D eigenvalue weighted by Crippen LogP contribution is -2.21. The van der Waals surface area contributed by atoms with E-state index in [1.807, 2.05) is 6.92 Å². The summed E-state index contributed by atoms with van der Waals surface area (Å²) in [6.07, 6.45) is 3.14. The Morgan fingerprint density at radius 1 is 0.963 bits per heavy atom. The summed E-state index contributed by atoms with van der Waals surface area (Å²) in [7, 11) is 0. The fourth-order valence-corrected chi connectivity index (χ4v) is 3.64. The molecular weight excluding hydrogens is 353 g/mol. The molecule has 0 aliphatic heterocycles. The average molecular weight is 378 g/mol. The molecule has 27 heavy (non-hydrogen) atoms. The van der Waals surface area contributed by atoms with Crippen LogP contribution in [0.1, 0.15) is 55.2 Å². The summed E-state index contributed by atoms with van der Waals surface area (Å²) in [5.41, 5.74) is 1.23. The van der Waals surface area contributed by atoms with Crippen LogP contribution in [0, 0.1) is 24.4 Å². The monoisotopic (exact) mass is 378 g/mol. The molecule has 1 aliphatic rings. The molecule has 0 N–H and O–H groups in total. The second-order valence-electron chi connectivity index (χ2n) is 7.07. The minimum atomic E-state index is -0.833. The first kappa shape index (κ1) is 19.7. The predicted octanol–water partition coefficient (Wildman–Crippen LogP) is 6.05. The fraction of sp³-hybridized carbons (Fsp3) is 0.455. The van der Waals surface area contributed by atoms with E-state index in [1.54, 1.807) is 24.3 Å². The van der Waals surface area contributed by atoms with Crippen LogP contribution >= 0.6 is 0 Å². The highest BCUT2D eigenvalue weighted by Crippen LogP contribution is 2.36. The Morgan fingerprint density at radius 3 is 2.37 bits per heavy atom. The van der Waals surface area contributed by atoms with Crippen LogP contribution in [0.2, 0.25) is 0 Å². The molecule has 0 radical (unpaired) electrons. The zero-order chi connectivity index (χ0) is 19.4. The standard InChI is InChI=1S/C22H25F3O2/c1-3-26-18-10-11-19(20(23)12-18)15-6-8-17(9-7-15)27-13-16-5-4-14(2)21(24)22(16)25/h4-5,10-12,15,17H,3,6-9,13H2,1-2H3. The van der Waals surface area contributed by atoms with Crippen molar-refractivity contribution in [1.29, 1.82) is 0 Å². The summed E-state index contributed by atoms with van der Waals surface area (Å²) in [6.45, 7) is 3.96. The summed E-state index contributed by atoms with van der Waals surface area (Å²) in [6, 6.07) is 8.17. The minimum Gasteiger partial charge on any atom is -0.494 e. The van der Waals surface area contributed by atoms with Gasteiger partial charge in [-0.2, -0.15) is 0 Å². The quantitative estimate of drug-likeness (QED) is 0.609. The summed E-state index contributed by atoms with van der Waals surface area (Å²) < 4.78 is 53.0. The molecule has 2 aromatic carbocycles. The second-order valence-corrected chi connectivity index (χ2v) is 7.07. The summed E-state index contributed by atoms with van der Waals surface area (Å²) in [5, 5.41) is 0. The Labute approximate surface area is 158 Å². The van der Waals surface area contributed by atoms with E-state index in [1.165, 1.54) is 13.0 Å². The van der Waals surface area contributed by atoms with Gasteiger partial charge in [-0.05, 0) is 62.6 Å². The SMILES string of the molecule is CCOc1ccc(C2CCC(OCc3ccc(C)c(F)c3F)CC2)c(F)c1. The Morgan fingerprint density at radius 2 is 1.70 bits per heavy atom. The summed E-state index contributed by atoms with van der Waals surface area (Å²) in [4.78, 5) is 0. The number of benzene rings is 2. The van der Waals surface area contributed by atoms with Crippen LogP contribution in [0.5, 0.6) is 5.75 Å². The van der Waals surface area contributed by atoms with Crippen molar-refractivity contribution in [2.45, 2.75) is 58.2 Å². The predicted molar refractivity (Wildman–Crippen MR) is 98.5 cm³/mol. The van der Waals surface area contributed by atoms with E-state index in [9.17, 15) is 13.2 Å². The van der Waals surface area contributed by atoms with Gasteiger partial charge >= 0.3 is 0 Å². The van der Waals surface area contributed by atoms with E-state index in [0.29, 0.717) is 17.9 Å². The summed E-state index contributed by atoms with van der Waals surface area (Å²) >= 11 is 0. The zero-order valence-corrected chi connectivity index (χ0v) is 15.7. The van der Waals surface area contributed by atoms with Crippen molar-refractivity contribution in [3.8, 4) is 5.75 Å². The number of ether oxygens (including phenoxy) is 2. The van der Waals surface area contributed by atoms with E-state index >= 15 is 0 Å². The van der Waals surface area contributed by atoms with Gasteiger partial charge in [0.25, 0.3) is 0 Å². The lowest BCUT2D eigenvalue weighted by Gasteiger charge is -2.29. The molecular formula is C22H25F3O2. The smallest absolute Gasteiger partial charge is 0.164 e. The van der Waals surface area contributed by atoms with Crippen molar-refractivity contribution in [2.75, 3.05) is 6.61 Å². The lowest BCUT2D eigenvalue weighted by molar-refractivity contribution is 0.0116. The van der Waals surface area contributed by atoms with Crippen molar-refractivity contribution >= 4 is 0 Å². The molecule has 1 fully saturated rings. The molecule has 0 saturated heterocycles. The Bertz CT molecular complexity index is 783. The largest absolute Gasteiger partial charge is 0.494 e. The van der Waals surface area contributed by atoms with Gasteiger partial charge in [-0.15, -0.1) is 0 Å². The molecule has 146 valence electrons. The highest BCUT2D eigenvalue weighted by molar-refractivity contribution is 5.31. The molecule has 2 aromatic rings. The molecule has 0 unspecified atom stereocenters. The van der Waals surface area contributed by atoms with Crippen molar-refractivity contribution in [2.24, 2.45) is 0 Å². The van der Waals surface area contributed by atoms with Gasteiger partial charge in [-0.1, -0.05) is 18.2 Å². The number of hydrogen-bond donors (Lipinski definition) is 0. The first-order valence-electron chi connectivity index (χ1n) is 9.47. The van der Waals surface area contributed by atoms with Crippen LogP contribution in [-0.2, 0) is 11.3 Å². The molecule has 1 aliphatic carbocycles. The van der Waals surface area contributed by atoms with Crippen LogP contribution in [0.4, 0.5) is 13.2 Å². The third-order valence-electron chi connectivity index (χ3n) is 5.23. The van der Waals surface area contributed by atoms with Gasteiger partial charge in [0.05, 0.1) is 19.3 Å². The fourth-order valence-electron chi connectivity index (χ4n) is 3.64. The molecule has 0 bridgehead atoms. The van der Waals surface area contributed by atoms with Crippen LogP contribution < -0.4 is 4.74 Å². The highest BCUT2D eigenvalue weighted by atomic mass is 19.2. The second kappa shape index (κ2) is 8.79. The third kappa shape index (κ3) is 4.64. The number of hydrogen-bond acceptors (Lipinski definition) is 2. The van der Waals surface area contributed by atoms with Crippen LogP contribution in [0.3, 0.4) is 0 Å². The van der Waals surface area contributed by atoms with E-state index in [0.717, 1.165) is 25.7 Å². The van der Waals surface area contributed by atoms with E-state index in [4.69, 9.17) is 9.47 Å². The lowest BCUT2D eigenvalue weighted by atomic mass is 9.82. The van der Waals surface area contributed by atoms with Gasteiger partial charge in [0, 0.05) is 11.6 Å². The van der Waals surface area contributed by atoms with E-state index < -0.39 is 11.6 Å². The van der Waals surface area contributed by atoms with Gasteiger partial charge in [-0.3, -0.25) is 0 Å². The maximum atomic E-state index is 14.4. The zero-order valence-electron chi connectivity index (χ0n) is 15.7. The molecule has 0 amide bonds. The molecule has 0 atom stereocenters. The summed E-state index contributed by atoms with van der Waals surface area (Å²) in [5.74, 6) is -1.19. The van der Waals surface area contributed by atoms with Gasteiger partial charge in [0.1, 0.15) is 11.6 Å². The van der Waals surface area contributed by atoms with Crippen molar-refractivity contribution in [3.63, 3.8) is 0 Å². The van der Waals surface area contributed by atoms with Crippen molar-refractivity contribution in [1.82, 2.24) is 0 Å². The number of rotatable bonds is 6. The molecule has 1 saturated carbocycles. The number of aryl methyl sites for hydroxylation is 1. The number of halogens is 3. The molecule has 0 aromatic heterocycles. The highest BCUT2D eigenvalue weighted by Gasteiger charge is 2.25. The normalized spacial score (nSPS) is 19.9. The Kier molecular flexibility index (Phi) is 6.42. The first-order chi connectivity index (χ1) is 13.0. The van der Waals surface area contributed by atoms with Gasteiger partial charge in [0.15, 0.2) is 11.6 Å². The molecule has 3 rings (SSSR count). The van der Waals surface area contributed by atoms with Gasteiger partial charge in [-0.25, -0.2) is 13.2 Å². The third-order valence-corrected chi connectivity index (χ3v) is 5.23. The van der Waals surface area contributed by atoms with Crippen molar-refractivity contribution < 1.29 is 22.6 Å². The van der Waals surface area contributed by atoms with E-state index in [2.05, 4.69) is 0 Å². The van der Waals surface area contributed by atoms with Crippen molar-refractivity contribution in [3.05, 3.63) is 64.5 Å². The molecule has 0 heterocycles. The minimum absolute atomic E-state index is 0.0178. The van der Waals surface area contributed by atoms with Crippen LogP contribution in [0.15, 0.2) is 30.3 Å². The first-order valence-corrected chi connectivity index (χ1v) is 9.47. The van der Waals surface area contributed by atoms with Gasteiger partial charge < -0.3 is 9.47 Å². The average Bonchev–Trinajstić information content (AvgIpc) is 2.67. The topological polar surface area (TPSA) is 18.5 Å². The molecule has 5 heteroatoms. The molecule has 2 nitrogen and oxygen atoms in total. The molecule has 0 spiro atoms. The van der Waals surface area contributed by atoms with Gasteiger partial charge in [0.2, 0.25) is 0 Å². The van der Waals surface area contributed by atoms with Crippen LogP contribution in [0.25, 0.3) is 0 Å². The Balaban J connectivity index is 1.54. The van der Waals surface area contributed by atoms with E-state index in [-0.39, 0.29) is 35.6 Å².